The minimum absolute atomic E-state index is 0.0788. The molecule has 1 saturated carbocycles. The highest BCUT2D eigenvalue weighted by molar-refractivity contribution is 7.89. The number of halogens is 2. The Labute approximate surface area is 187 Å². The lowest BCUT2D eigenvalue weighted by Gasteiger charge is -2.35. The van der Waals surface area contributed by atoms with E-state index >= 15 is 0 Å². The molecule has 1 saturated heterocycles. The van der Waals surface area contributed by atoms with Gasteiger partial charge in [-0.3, -0.25) is 4.79 Å². The Hall–Kier alpha value is -1.71. The number of sulfonamides is 1. The van der Waals surface area contributed by atoms with Crippen molar-refractivity contribution in [3.63, 3.8) is 0 Å². The van der Waals surface area contributed by atoms with Gasteiger partial charge in [0, 0.05) is 19.0 Å². The molecule has 0 atom stereocenters. The van der Waals surface area contributed by atoms with Crippen molar-refractivity contribution < 1.29 is 27.1 Å². The van der Waals surface area contributed by atoms with Gasteiger partial charge in [0.25, 0.3) is 0 Å². The van der Waals surface area contributed by atoms with Crippen molar-refractivity contribution >= 4 is 33.5 Å². The lowest BCUT2D eigenvalue weighted by Crippen LogP contribution is -2.57. The molecule has 0 bridgehead atoms. The Morgan fingerprint density at radius 1 is 1.16 bits per heavy atom. The zero-order valence-corrected chi connectivity index (χ0v) is 19.1. The number of methoxy groups -OCH3 is 1. The van der Waals surface area contributed by atoms with Crippen LogP contribution in [0.15, 0.2) is 23.1 Å². The molecule has 1 N–H and O–H groups in total. The van der Waals surface area contributed by atoms with Gasteiger partial charge < -0.3 is 10.1 Å². The minimum Gasteiger partial charge on any atom is -0.467 e. The van der Waals surface area contributed by atoms with Crippen LogP contribution in [-0.4, -0.2) is 50.3 Å². The van der Waals surface area contributed by atoms with Gasteiger partial charge in [-0.05, 0) is 43.9 Å². The summed E-state index contributed by atoms with van der Waals surface area (Å²) >= 11 is 5.73. The summed E-state index contributed by atoms with van der Waals surface area (Å²) in [6, 6.07) is 3.30. The monoisotopic (exact) mass is 474 g/mol. The maximum Gasteiger partial charge on any atom is 0.331 e. The highest BCUT2D eigenvalue weighted by Crippen LogP contribution is 2.31. The molecule has 0 spiro atoms. The molecular weight excluding hydrogens is 447 g/mol. The summed E-state index contributed by atoms with van der Waals surface area (Å²) in [6.45, 7) is 0.307. The summed E-state index contributed by atoms with van der Waals surface area (Å²) in [7, 11) is -2.51. The maximum atomic E-state index is 13.4. The van der Waals surface area contributed by atoms with Crippen LogP contribution in [0.3, 0.4) is 0 Å². The molecule has 3 rings (SSSR count). The summed E-state index contributed by atoms with van der Waals surface area (Å²) in [5.41, 5.74) is -1.00. The standard InChI is InChI=1S/C21H28ClFN2O5S/c1-30-20(27)21(10-4-2-3-5-11-21)24-19(26)15-8-12-25(13-9-15)31(28,29)16-6-7-18(23)17(22)14-16/h6-7,14-15H,2-5,8-13H2,1H3,(H,24,26). The van der Waals surface area contributed by atoms with Crippen LogP contribution in [0, 0.1) is 11.7 Å². The van der Waals surface area contributed by atoms with Crippen LogP contribution in [0.1, 0.15) is 51.4 Å². The molecule has 1 amide bonds. The molecule has 10 heteroatoms. The average molecular weight is 475 g/mol. The number of benzene rings is 1. The fraction of sp³-hybridized carbons (Fsp3) is 0.619. The smallest absolute Gasteiger partial charge is 0.331 e. The van der Waals surface area contributed by atoms with Crippen molar-refractivity contribution in [1.29, 1.82) is 0 Å². The number of carbonyl (C=O) groups excluding carboxylic acids is 2. The predicted octanol–water partition coefficient (Wildman–Crippen LogP) is 3.26. The fourth-order valence-electron chi connectivity index (χ4n) is 4.39. The number of esters is 1. The van der Waals surface area contributed by atoms with Crippen molar-refractivity contribution in [2.24, 2.45) is 5.92 Å². The molecule has 31 heavy (non-hydrogen) atoms. The first-order chi connectivity index (χ1) is 14.7. The Morgan fingerprint density at radius 2 is 1.77 bits per heavy atom. The number of nitrogens with zero attached hydrogens (tertiary/aromatic N) is 1. The van der Waals surface area contributed by atoms with Crippen molar-refractivity contribution in [3.05, 3.63) is 29.0 Å². The van der Waals surface area contributed by atoms with Crippen molar-refractivity contribution in [2.75, 3.05) is 20.2 Å². The Balaban J connectivity index is 1.66. The van der Waals surface area contributed by atoms with E-state index in [2.05, 4.69) is 5.32 Å². The summed E-state index contributed by atoms with van der Waals surface area (Å²) in [5.74, 6) is -1.74. The first-order valence-electron chi connectivity index (χ1n) is 10.6. The molecule has 2 fully saturated rings. The first kappa shape index (κ1) is 23.9. The molecule has 0 radical (unpaired) electrons. The number of ether oxygens (including phenoxy) is 1. The molecule has 7 nitrogen and oxygen atoms in total. The van der Waals surface area contributed by atoms with Crippen LogP contribution >= 0.6 is 11.6 Å². The van der Waals surface area contributed by atoms with Crippen LogP contribution in [-0.2, 0) is 24.3 Å². The van der Waals surface area contributed by atoms with E-state index in [1.54, 1.807) is 0 Å². The van der Waals surface area contributed by atoms with E-state index in [9.17, 15) is 22.4 Å². The highest BCUT2D eigenvalue weighted by Gasteiger charge is 2.43. The number of hydrogen-bond acceptors (Lipinski definition) is 5. The summed E-state index contributed by atoms with van der Waals surface area (Å²) in [6.07, 6.45) is 5.46. The molecular formula is C21H28ClFN2O5S. The van der Waals surface area contributed by atoms with Crippen molar-refractivity contribution in [1.82, 2.24) is 9.62 Å². The predicted molar refractivity (Wildman–Crippen MR) is 113 cm³/mol. The van der Waals surface area contributed by atoms with E-state index < -0.39 is 33.3 Å². The number of nitrogens with one attached hydrogen (secondary N) is 1. The second-order valence-corrected chi connectivity index (χ2v) is 10.6. The SMILES string of the molecule is COC(=O)C1(NC(=O)C2CCN(S(=O)(=O)c3ccc(F)c(Cl)c3)CC2)CCCCCC1. The van der Waals surface area contributed by atoms with Crippen LogP contribution in [0.5, 0.6) is 0 Å². The summed E-state index contributed by atoms with van der Waals surface area (Å²) in [5, 5.41) is 2.69. The van der Waals surface area contributed by atoms with E-state index in [1.807, 2.05) is 0 Å². The molecule has 2 aliphatic rings. The van der Waals surface area contributed by atoms with Gasteiger partial charge in [0.05, 0.1) is 17.0 Å². The van der Waals surface area contributed by atoms with Gasteiger partial charge >= 0.3 is 5.97 Å². The molecule has 1 aromatic rings. The third-order valence-corrected chi connectivity index (χ3v) is 8.43. The summed E-state index contributed by atoms with van der Waals surface area (Å²) < 4.78 is 45.3. The largest absolute Gasteiger partial charge is 0.467 e. The third kappa shape index (κ3) is 5.21. The minimum atomic E-state index is -3.84. The molecule has 0 aromatic heterocycles. The Morgan fingerprint density at radius 3 is 2.32 bits per heavy atom. The number of rotatable bonds is 5. The number of hydrogen-bond donors (Lipinski definition) is 1. The van der Waals surface area contributed by atoms with Gasteiger partial charge in [-0.15, -0.1) is 0 Å². The first-order valence-corrected chi connectivity index (χ1v) is 12.4. The average Bonchev–Trinajstić information content (AvgIpc) is 3.01. The number of amides is 1. The van der Waals surface area contributed by atoms with Gasteiger partial charge in [-0.2, -0.15) is 4.31 Å². The second kappa shape index (κ2) is 9.83. The third-order valence-electron chi connectivity index (χ3n) is 6.25. The Bertz CT molecular complexity index is 924. The second-order valence-electron chi connectivity index (χ2n) is 8.23. The van der Waals surface area contributed by atoms with E-state index in [0.29, 0.717) is 25.7 Å². The summed E-state index contributed by atoms with van der Waals surface area (Å²) in [4.78, 5) is 25.4. The number of piperidine rings is 1. The van der Waals surface area contributed by atoms with E-state index in [0.717, 1.165) is 37.8 Å². The zero-order chi connectivity index (χ0) is 22.6. The molecule has 1 aliphatic heterocycles. The molecule has 0 unspecified atom stereocenters. The van der Waals surface area contributed by atoms with Gasteiger partial charge in [0.15, 0.2) is 0 Å². The number of carbonyl (C=O) groups is 2. The van der Waals surface area contributed by atoms with Crippen molar-refractivity contribution in [2.45, 2.75) is 61.8 Å². The van der Waals surface area contributed by atoms with Gasteiger partial charge in [0.2, 0.25) is 15.9 Å². The van der Waals surface area contributed by atoms with Crippen LogP contribution in [0.4, 0.5) is 4.39 Å². The van der Waals surface area contributed by atoms with Crippen LogP contribution in [0.25, 0.3) is 0 Å². The van der Waals surface area contributed by atoms with Crippen molar-refractivity contribution in [3.8, 4) is 0 Å². The lowest BCUT2D eigenvalue weighted by molar-refractivity contribution is -0.152. The van der Waals surface area contributed by atoms with E-state index in [1.165, 1.54) is 17.5 Å². The fourth-order valence-corrected chi connectivity index (χ4v) is 6.13. The molecule has 1 aliphatic carbocycles. The Kier molecular flexibility index (Phi) is 7.59. The van der Waals surface area contributed by atoms with Crippen LogP contribution < -0.4 is 5.32 Å². The molecule has 172 valence electrons. The topological polar surface area (TPSA) is 92.8 Å². The quantitative estimate of drug-likeness (QED) is 0.522. The molecule has 1 heterocycles. The van der Waals surface area contributed by atoms with E-state index in [4.69, 9.17) is 16.3 Å². The van der Waals surface area contributed by atoms with Gasteiger partial charge in [-0.1, -0.05) is 37.3 Å². The zero-order valence-electron chi connectivity index (χ0n) is 17.5. The van der Waals surface area contributed by atoms with E-state index in [-0.39, 0.29) is 28.9 Å². The van der Waals surface area contributed by atoms with Crippen LogP contribution in [0.2, 0.25) is 5.02 Å². The van der Waals surface area contributed by atoms with Gasteiger partial charge in [0.1, 0.15) is 11.4 Å². The van der Waals surface area contributed by atoms with Gasteiger partial charge in [-0.25, -0.2) is 17.6 Å². The maximum absolute atomic E-state index is 13.4. The normalized spacial score (nSPS) is 20.6. The lowest BCUT2D eigenvalue weighted by atomic mass is 9.88. The molecule has 1 aromatic carbocycles. The highest BCUT2D eigenvalue weighted by atomic mass is 35.5.